The van der Waals surface area contributed by atoms with E-state index in [1.165, 1.54) is 10.9 Å². The van der Waals surface area contributed by atoms with Crippen LogP contribution in [-0.4, -0.2) is 10.9 Å². The summed E-state index contributed by atoms with van der Waals surface area (Å²) in [7, 11) is 0. The lowest BCUT2D eigenvalue weighted by atomic mass is 10.1. The number of para-hydroxylation sites is 1. The molecule has 0 spiro atoms. The van der Waals surface area contributed by atoms with Crippen LogP contribution in [0.2, 0.25) is 0 Å². The van der Waals surface area contributed by atoms with E-state index in [4.69, 9.17) is 0 Å². The van der Waals surface area contributed by atoms with Gasteiger partial charge in [0.05, 0.1) is 11.0 Å². The minimum absolute atomic E-state index is 0.708. The molecule has 0 atom stereocenters. The molecule has 106 valence electrons. The number of nitrogens with zero attached hydrogens (tertiary/aromatic N) is 1. The molecule has 0 fully saturated rings. The second-order valence-electron chi connectivity index (χ2n) is 5.58. The standard InChI is InChI=1S/C20H15NO/c1-14-6-9-16(10-7-14)21-19-5-3-2-4-17(19)18-12-15(13-22)8-11-20(18)21/h2-13H,1H3. The molecule has 22 heavy (non-hydrogen) atoms. The zero-order valence-corrected chi connectivity index (χ0v) is 12.3. The number of aldehydes is 1. The van der Waals surface area contributed by atoms with Crippen molar-refractivity contribution in [1.29, 1.82) is 0 Å². The number of benzene rings is 3. The Bertz CT molecular complexity index is 994. The van der Waals surface area contributed by atoms with Crippen LogP contribution in [0.1, 0.15) is 15.9 Å². The summed E-state index contributed by atoms with van der Waals surface area (Å²) in [6.07, 6.45) is 0.900. The summed E-state index contributed by atoms with van der Waals surface area (Å²) < 4.78 is 2.25. The lowest BCUT2D eigenvalue weighted by Gasteiger charge is -2.08. The largest absolute Gasteiger partial charge is 0.309 e. The Balaban J connectivity index is 2.15. The van der Waals surface area contributed by atoms with Crippen LogP contribution in [0.5, 0.6) is 0 Å². The first-order valence-electron chi connectivity index (χ1n) is 7.33. The van der Waals surface area contributed by atoms with Gasteiger partial charge in [-0.05, 0) is 43.3 Å². The topological polar surface area (TPSA) is 22.0 Å². The fourth-order valence-electron chi connectivity index (χ4n) is 3.04. The van der Waals surface area contributed by atoms with Gasteiger partial charge in [-0.3, -0.25) is 4.79 Å². The third-order valence-electron chi connectivity index (χ3n) is 4.12. The third-order valence-corrected chi connectivity index (χ3v) is 4.12. The van der Waals surface area contributed by atoms with Crippen molar-refractivity contribution in [3.05, 3.63) is 77.9 Å². The minimum Gasteiger partial charge on any atom is -0.309 e. The Morgan fingerprint density at radius 3 is 2.32 bits per heavy atom. The first-order chi connectivity index (χ1) is 10.8. The second-order valence-corrected chi connectivity index (χ2v) is 5.58. The summed E-state index contributed by atoms with van der Waals surface area (Å²) in [5, 5.41) is 2.28. The molecule has 0 aliphatic carbocycles. The molecule has 0 saturated heterocycles. The summed E-state index contributed by atoms with van der Waals surface area (Å²) in [6.45, 7) is 2.09. The van der Waals surface area contributed by atoms with Gasteiger partial charge in [-0.2, -0.15) is 0 Å². The van der Waals surface area contributed by atoms with Crippen molar-refractivity contribution in [2.75, 3.05) is 0 Å². The smallest absolute Gasteiger partial charge is 0.150 e. The van der Waals surface area contributed by atoms with Gasteiger partial charge in [-0.15, -0.1) is 0 Å². The highest BCUT2D eigenvalue weighted by Crippen LogP contribution is 2.32. The Labute approximate surface area is 128 Å². The molecule has 3 aromatic carbocycles. The molecule has 0 radical (unpaired) electrons. The highest BCUT2D eigenvalue weighted by Gasteiger charge is 2.11. The molecule has 2 nitrogen and oxygen atoms in total. The number of hydrogen-bond acceptors (Lipinski definition) is 1. The van der Waals surface area contributed by atoms with E-state index in [-0.39, 0.29) is 0 Å². The van der Waals surface area contributed by atoms with E-state index in [1.807, 2.05) is 30.3 Å². The molecule has 0 unspecified atom stereocenters. The molecule has 1 heterocycles. The van der Waals surface area contributed by atoms with E-state index in [9.17, 15) is 4.79 Å². The number of carbonyl (C=O) groups excluding carboxylic acids is 1. The van der Waals surface area contributed by atoms with Crippen LogP contribution in [0.15, 0.2) is 66.7 Å². The van der Waals surface area contributed by atoms with Gasteiger partial charge < -0.3 is 4.57 Å². The van der Waals surface area contributed by atoms with E-state index in [0.717, 1.165) is 28.4 Å². The van der Waals surface area contributed by atoms with Crippen molar-refractivity contribution in [1.82, 2.24) is 4.57 Å². The number of hydrogen-bond donors (Lipinski definition) is 0. The molecular weight excluding hydrogens is 270 g/mol. The predicted molar refractivity (Wildman–Crippen MR) is 90.9 cm³/mol. The number of aromatic nitrogens is 1. The van der Waals surface area contributed by atoms with Crippen LogP contribution < -0.4 is 0 Å². The van der Waals surface area contributed by atoms with Gasteiger partial charge >= 0.3 is 0 Å². The number of fused-ring (bicyclic) bond motifs is 3. The zero-order valence-electron chi connectivity index (χ0n) is 12.3. The van der Waals surface area contributed by atoms with Crippen molar-refractivity contribution in [3.8, 4) is 5.69 Å². The molecule has 0 bridgehead atoms. The van der Waals surface area contributed by atoms with Crippen LogP contribution in [0.25, 0.3) is 27.5 Å². The summed E-state index contributed by atoms with van der Waals surface area (Å²) in [4.78, 5) is 11.1. The van der Waals surface area contributed by atoms with Crippen molar-refractivity contribution in [3.63, 3.8) is 0 Å². The average Bonchev–Trinajstić information content (AvgIpc) is 2.89. The van der Waals surface area contributed by atoms with Crippen molar-refractivity contribution in [2.24, 2.45) is 0 Å². The van der Waals surface area contributed by atoms with E-state index >= 15 is 0 Å². The second kappa shape index (κ2) is 4.85. The van der Waals surface area contributed by atoms with Crippen molar-refractivity contribution >= 4 is 28.1 Å². The molecular formula is C20H15NO. The van der Waals surface area contributed by atoms with E-state index in [1.54, 1.807) is 0 Å². The Kier molecular flexibility index (Phi) is 2.83. The lowest BCUT2D eigenvalue weighted by molar-refractivity contribution is 0.112. The molecule has 1 aromatic heterocycles. The zero-order chi connectivity index (χ0) is 15.1. The normalized spacial score (nSPS) is 11.1. The molecule has 4 aromatic rings. The highest BCUT2D eigenvalue weighted by atomic mass is 16.1. The SMILES string of the molecule is Cc1ccc(-n2c3ccccc3c3cc(C=O)ccc32)cc1. The third kappa shape index (κ3) is 1.85. The molecule has 2 heteroatoms. The van der Waals surface area contributed by atoms with E-state index < -0.39 is 0 Å². The molecule has 4 rings (SSSR count). The van der Waals surface area contributed by atoms with Crippen LogP contribution in [0.3, 0.4) is 0 Å². The summed E-state index contributed by atoms with van der Waals surface area (Å²) in [6, 6.07) is 22.7. The Hall–Kier alpha value is -2.87. The quantitative estimate of drug-likeness (QED) is 0.480. The summed E-state index contributed by atoms with van der Waals surface area (Å²) >= 11 is 0. The van der Waals surface area contributed by atoms with Crippen LogP contribution in [0.4, 0.5) is 0 Å². The maximum Gasteiger partial charge on any atom is 0.150 e. The highest BCUT2D eigenvalue weighted by molar-refractivity contribution is 6.10. The summed E-state index contributed by atoms with van der Waals surface area (Å²) in [5.74, 6) is 0. The Morgan fingerprint density at radius 1 is 0.818 bits per heavy atom. The molecule has 0 aliphatic rings. The monoisotopic (exact) mass is 285 g/mol. The fourth-order valence-corrected chi connectivity index (χ4v) is 3.04. The van der Waals surface area contributed by atoms with Crippen molar-refractivity contribution in [2.45, 2.75) is 6.92 Å². The van der Waals surface area contributed by atoms with Crippen molar-refractivity contribution < 1.29 is 4.79 Å². The number of aryl methyl sites for hydroxylation is 1. The number of carbonyl (C=O) groups is 1. The number of rotatable bonds is 2. The van der Waals surface area contributed by atoms with Gasteiger partial charge in [-0.25, -0.2) is 0 Å². The predicted octanol–water partition coefficient (Wildman–Crippen LogP) is 4.90. The van der Waals surface area contributed by atoms with Gasteiger partial charge in [0.15, 0.2) is 0 Å². The van der Waals surface area contributed by atoms with Gasteiger partial charge in [0.1, 0.15) is 6.29 Å². The van der Waals surface area contributed by atoms with Gasteiger partial charge in [0.2, 0.25) is 0 Å². The van der Waals surface area contributed by atoms with E-state index in [0.29, 0.717) is 5.56 Å². The van der Waals surface area contributed by atoms with E-state index in [2.05, 4.69) is 47.9 Å². The summed E-state index contributed by atoms with van der Waals surface area (Å²) in [5.41, 5.74) is 5.36. The molecule has 0 aliphatic heterocycles. The maximum atomic E-state index is 11.1. The molecule has 0 N–H and O–H groups in total. The Morgan fingerprint density at radius 2 is 1.55 bits per heavy atom. The lowest BCUT2D eigenvalue weighted by Crippen LogP contribution is -1.93. The molecule has 0 amide bonds. The van der Waals surface area contributed by atoms with Gasteiger partial charge in [-0.1, -0.05) is 35.9 Å². The van der Waals surface area contributed by atoms with Crippen LogP contribution >= 0.6 is 0 Å². The minimum atomic E-state index is 0.708. The van der Waals surface area contributed by atoms with Gasteiger partial charge in [0.25, 0.3) is 0 Å². The first kappa shape index (κ1) is 12.8. The van der Waals surface area contributed by atoms with Crippen LogP contribution in [0, 0.1) is 6.92 Å². The maximum absolute atomic E-state index is 11.1. The van der Waals surface area contributed by atoms with Crippen LogP contribution in [-0.2, 0) is 0 Å². The fraction of sp³-hybridized carbons (Fsp3) is 0.0500. The molecule has 0 saturated carbocycles. The average molecular weight is 285 g/mol. The van der Waals surface area contributed by atoms with Gasteiger partial charge in [0, 0.05) is 22.0 Å². The first-order valence-corrected chi connectivity index (χ1v) is 7.33.